The highest BCUT2D eigenvalue weighted by Gasteiger charge is 1.92. The lowest BCUT2D eigenvalue weighted by molar-refractivity contribution is 0.112. The quantitative estimate of drug-likeness (QED) is 0.600. The lowest BCUT2D eigenvalue weighted by Crippen LogP contribution is -1.82. The molecule has 0 atom stereocenters. The van der Waals surface area contributed by atoms with Crippen LogP contribution >= 0.6 is 0 Å². The Kier molecular flexibility index (Phi) is 3.92. The molecule has 2 heteroatoms. The second-order valence-electron chi connectivity index (χ2n) is 3.89. The van der Waals surface area contributed by atoms with Crippen molar-refractivity contribution >= 4 is 18.4 Å². The summed E-state index contributed by atoms with van der Waals surface area (Å²) in [5.41, 5.74) is 2.79. The van der Waals surface area contributed by atoms with Crippen molar-refractivity contribution in [3.63, 3.8) is 0 Å². The first kappa shape index (κ1) is 12.1. The largest absolute Gasteiger partial charge is 0.497 e. The van der Waals surface area contributed by atoms with E-state index in [0.29, 0.717) is 5.56 Å². The Morgan fingerprint density at radius 1 is 0.889 bits per heavy atom. The fourth-order valence-corrected chi connectivity index (χ4v) is 1.64. The standard InChI is InChI=1S/C16H14O2/c1-18-16-9-7-13(8-10-16)5-6-14-3-2-4-15(11-14)12-17/h2-12H,1H3. The highest BCUT2D eigenvalue weighted by molar-refractivity contribution is 5.78. The zero-order valence-electron chi connectivity index (χ0n) is 10.2. The molecule has 0 saturated heterocycles. The van der Waals surface area contributed by atoms with Gasteiger partial charge in [0.1, 0.15) is 12.0 Å². The van der Waals surface area contributed by atoms with Crippen LogP contribution in [0.4, 0.5) is 0 Å². The molecule has 0 heterocycles. The van der Waals surface area contributed by atoms with Gasteiger partial charge in [0.2, 0.25) is 0 Å². The molecule has 2 rings (SSSR count). The van der Waals surface area contributed by atoms with Gasteiger partial charge in [0.05, 0.1) is 7.11 Å². The summed E-state index contributed by atoms with van der Waals surface area (Å²) < 4.78 is 5.10. The highest BCUT2D eigenvalue weighted by atomic mass is 16.5. The van der Waals surface area contributed by atoms with Crippen LogP contribution in [0.1, 0.15) is 21.5 Å². The Balaban J connectivity index is 2.15. The monoisotopic (exact) mass is 238 g/mol. The van der Waals surface area contributed by atoms with Gasteiger partial charge < -0.3 is 4.74 Å². The van der Waals surface area contributed by atoms with E-state index in [1.165, 1.54) is 0 Å². The number of hydrogen-bond acceptors (Lipinski definition) is 2. The van der Waals surface area contributed by atoms with Gasteiger partial charge in [-0.2, -0.15) is 0 Å². The Hall–Kier alpha value is -2.35. The summed E-state index contributed by atoms with van der Waals surface area (Å²) >= 11 is 0. The highest BCUT2D eigenvalue weighted by Crippen LogP contribution is 2.14. The molecule has 2 aromatic carbocycles. The van der Waals surface area contributed by atoms with Crippen molar-refractivity contribution < 1.29 is 9.53 Å². The topological polar surface area (TPSA) is 26.3 Å². The fraction of sp³-hybridized carbons (Fsp3) is 0.0625. The summed E-state index contributed by atoms with van der Waals surface area (Å²) in [6.45, 7) is 0. The molecular weight excluding hydrogens is 224 g/mol. The molecular formula is C16H14O2. The molecule has 0 bridgehead atoms. The molecule has 0 spiro atoms. The number of rotatable bonds is 4. The second kappa shape index (κ2) is 5.82. The van der Waals surface area contributed by atoms with Crippen molar-refractivity contribution in [2.24, 2.45) is 0 Å². The second-order valence-corrected chi connectivity index (χ2v) is 3.89. The summed E-state index contributed by atoms with van der Waals surface area (Å²) in [6.07, 6.45) is 4.84. The Morgan fingerprint density at radius 3 is 2.22 bits per heavy atom. The maximum absolute atomic E-state index is 10.7. The van der Waals surface area contributed by atoms with Gasteiger partial charge in [-0.1, -0.05) is 42.5 Å². The predicted octanol–water partition coefficient (Wildman–Crippen LogP) is 3.68. The van der Waals surface area contributed by atoms with E-state index in [4.69, 9.17) is 4.74 Å². The van der Waals surface area contributed by atoms with E-state index < -0.39 is 0 Å². The van der Waals surface area contributed by atoms with Crippen LogP contribution in [0, 0.1) is 0 Å². The Morgan fingerprint density at radius 2 is 1.56 bits per heavy atom. The Bertz CT molecular complexity index is 554. The first-order valence-electron chi connectivity index (χ1n) is 5.69. The molecule has 0 saturated carbocycles. The van der Waals surface area contributed by atoms with Crippen molar-refractivity contribution in [1.29, 1.82) is 0 Å². The molecule has 0 unspecified atom stereocenters. The summed E-state index contributed by atoms with van der Waals surface area (Å²) in [4.78, 5) is 10.7. The average Bonchev–Trinajstić information content (AvgIpc) is 2.46. The number of hydrogen-bond donors (Lipinski definition) is 0. The molecule has 0 aliphatic rings. The zero-order valence-corrected chi connectivity index (χ0v) is 10.2. The third-order valence-electron chi connectivity index (χ3n) is 2.63. The minimum absolute atomic E-state index is 0.687. The molecule has 0 aliphatic carbocycles. The summed E-state index contributed by atoms with van der Waals surface area (Å²) in [5.74, 6) is 0.843. The first-order valence-corrected chi connectivity index (χ1v) is 5.69. The van der Waals surface area contributed by atoms with Crippen LogP contribution in [0.15, 0.2) is 48.5 Å². The van der Waals surface area contributed by atoms with Crippen LogP contribution < -0.4 is 4.74 Å². The van der Waals surface area contributed by atoms with Gasteiger partial charge >= 0.3 is 0 Å². The molecule has 18 heavy (non-hydrogen) atoms. The zero-order chi connectivity index (χ0) is 12.8. The van der Waals surface area contributed by atoms with Gasteiger partial charge in [-0.25, -0.2) is 0 Å². The smallest absolute Gasteiger partial charge is 0.150 e. The van der Waals surface area contributed by atoms with E-state index in [-0.39, 0.29) is 0 Å². The van der Waals surface area contributed by atoms with Crippen molar-refractivity contribution in [2.75, 3.05) is 7.11 Å². The number of aldehydes is 1. The van der Waals surface area contributed by atoms with E-state index in [1.54, 1.807) is 13.2 Å². The SMILES string of the molecule is COc1ccc(C=Cc2cccc(C=O)c2)cc1. The van der Waals surface area contributed by atoms with Crippen LogP contribution in [0.2, 0.25) is 0 Å². The maximum atomic E-state index is 10.7. The van der Waals surface area contributed by atoms with Crippen molar-refractivity contribution in [3.05, 3.63) is 65.2 Å². The normalized spacial score (nSPS) is 10.5. The molecule has 0 N–H and O–H groups in total. The van der Waals surface area contributed by atoms with E-state index >= 15 is 0 Å². The van der Waals surface area contributed by atoms with Crippen LogP contribution in [-0.2, 0) is 0 Å². The molecule has 90 valence electrons. The number of benzene rings is 2. The number of carbonyl (C=O) groups excluding carboxylic acids is 1. The average molecular weight is 238 g/mol. The lowest BCUT2D eigenvalue weighted by atomic mass is 10.1. The number of ether oxygens (including phenoxy) is 1. The summed E-state index contributed by atoms with van der Waals surface area (Å²) in [7, 11) is 1.65. The van der Waals surface area contributed by atoms with Gasteiger partial charge in [0.15, 0.2) is 0 Å². The summed E-state index contributed by atoms with van der Waals surface area (Å²) in [6, 6.07) is 15.3. The van der Waals surface area contributed by atoms with E-state index in [2.05, 4.69) is 0 Å². The van der Waals surface area contributed by atoms with Crippen LogP contribution in [0.3, 0.4) is 0 Å². The van der Waals surface area contributed by atoms with E-state index in [0.717, 1.165) is 23.2 Å². The molecule has 0 amide bonds. The minimum Gasteiger partial charge on any atom is -0.497 e. The molecule has 0 aliphatic heterocycles. The minimum atomic E-state index is 0.687. The molecule has 0 radical (unpaired) electrons. The van der Waals surface area contributed by atoms with Crippen molar-refractivity contribution in [3.8, 4) is 5.75 Å². The van der Waals surface area contributed by atoms with Crippen LogP contribution in [0.25, 0.3) is 12.2 Å². The predicted molar refractivity (Wildman–Crippen MR) is 73.8 cm³/mol. The number of methoxy groups -OCH3 is 1. The molecule has 2 aromatic rings. The first-order chi connectivity index (χ1) is 8.81. The van der Waals surface area contributed by atoms with Crippen molar-refractivity contribution in [1.82, 2.24) is 0 Å². The maximum Gasteiger partial charge on any atom is 0.150 e. The Labute approximate surface area is 107 Å². The lowest BCUT2D eigenvalue weighted by Gasteiger charge is -1.99. The third kappa shape index (κ3) is 3.08. The van der Waals surface area contributed by atoms with E-state index in [9.17, 15) is 4.79 Å². The van der Waals surface area contributed by atoms with Gasteiger partial charge in [-0.15, -0.1) is 0 Å². The molecule has 2 nitrogen and oxygen atoms in total. The molecule has 0 aromatic heterocycles. The van der Waals surface area contributed by atoms with E-state index in [1.807, 2.05) is 54.6 Å². The van der Waals surface area contributed by atoms with Gasteiger partial charge in [0, 0.05) is 5.56 Å². The summed E-state index contributed by atoms with van der Waals surface area (Å²) in [5, 5.41) is 0. The van der Waals surface area contributed by atoms with Gasteiger partial charge in [-0.3, -0.25) is 4.79 Å². The van der Waals surface area contributed by atoms with Crippen LogP contribution in [-0.4, -0.2) is 13.4 Å². The third-order valence-corrected chi connectivity index (χ3v) is 2.63. The fourth-order valence-electron chi connectivity index (χ4n) is 1.64. The van der Waals surface area contributed by atoms with Gasteiger partial charge in [0.25, 0.3) is 0 Å². The number of carbonyl (C=O) groups is 1. The van der Waals surface area contributed by atoms with Crippen LogP contribution in [0.5, 0.6) is 5.75 Å². The van der Waals surface area contributed by atoms with Gasteiger partial charge in [-0.05, 0) is 29.3 Å². The molecule has 0 fully saturated rings. The van der Waals surface area contributed by atoms with Crippen molar-refractivity contribution in [2.45, 2.75) is 0 Å².